The summed E-state index contributed by atoms with van der Waals surface area (Å²) in [5.41, 5.74) is 1.60. The lowest BCUT2D eigenvalue weighted by Crippen LogP contribution is -2.31. The van der Waals surface area contributed by atoms with Crippen LogP contribution >= 0.6 is 0 Å². The molecule has 5 heteroatoms. The van der Waals surface area contributed by atoms with Crippen LogP contribution in [0.25, 0.3) is 16.6 Å². The van der Waals surface area contributed by atoms with E-state index in [1.54, 1.807) is 6.20 Å². The zero-order valence-electron chi connectivity index (χ0n) is 8.20. The zero-order chi connectivity index (χ0) is 11.0. The van der Waals surface area contributed by atoms with Crippen molar-refractivity contribution in [2.75, 3.05) is 0 Å². The molecule has 0 radical (unpaired) electrons. The van der Waals surface area contributed by atoms with Crippen LogP contribution in [-0.4, -0.2) is 10.3 Å². The summed E-state index contributed by atoms with van der Waals surface area (Å²) in [6.45, 7) is 0. The van der Waals surface area contributed by atoms with E-state index in [4.69, 9.17) is 0 Å². The van der Waals surface area contributed by atoms with Crippen molar-refractivity contribution in [2.24, 2.45) is 0 Å². The van der Waals surface area contributed by atoms with Crippen molar-refractivity contribution >= 4 is 10.9 Å². The molecule has 0 amide bonds. The molecule has 3 aromatic rings. The minimum atomic E-state index is -0.479. The molecule has 0 saturated heterocycles. The average Bonchev–Trinajstić information content (AvgIpc) is 2.75. The molecular weight excluding hydrogens is 206 g/mol. The van der Waals surface area contributed by atoms with Gasteiger partial charge in [0.15, 0.2) is 0 Å². The van der Waals surface area contributed by atoms with Crippen molar-refractivity contribution in [1.29, 1.82) is 0 Å². The van der Waals surface area contributed by atoms with Gasteiger partial charge in [-0.1, -0.05) is 18.2 Å². The van der Waals surface area contributed by atoms with E-state index in [-0.39, 0.29) is 0 Å². The summed E-state index contributed by atoms with van der Waals surface area (Å²) in [6, 6.07) is 9.62. The molecule has 0 aliphatic rings. The quantitative estimate of drug-likeness (QED) is 0.554. The Bertz CT molecular complexity index is 648. The van der Waals surface area contributed by atoms with E-state index >= 15 is 0 Å². The maximum absolute atomic E-state index is 10.9. The number of benzene rings is 1. The van der Waals surface area contributed by atoms with Gasteiger partial charge in [-0.25, -0.2) is 4.98 Å². The Morgan fingerprint density at radius 2 is 2.12 bits per heavy atom. The Hall–Kier alpha value is -2.43. The molecule has 78 valence electrons. The topological polar surface area (TPSA) is 65.9 Å². The number of pyridine rings is 1. The molecule has 0 atom stereocenters. The molecule has 16 heavy (non-hydrogen) atoms. The SMILES string of the molecule is [O-]c1c[n+](-c2cnc3ccccc3c2)no1. The Morgan fingerprint density at radius 3 is 2.94 bits per heavy atom. The van der Waals surface area contributed by atoms with Crippen LogP contribution in [0.4, 0.5) is 0 Å². The highest BCUT2D eigenvalue weighted by molar-refractivity contribution is 5.79. The molecule has 5 nitrogen and oxygen atoms in total. The lowest BCUT2D eigenvalue weighted by atomic mass is 10.2. The Labute approximate surface area is 90.5 Å². The standard InChI is InChI=1S/C11H7N3O2/c15-11-7-14(13-16-11)9-5-8-3-1-2-4-10(8)12-6-9/h1-7H. The van der Waals surface area contributed by atoms with Gasteiger partial charge in [-0.05, 0) is 10.7 Å². The van der Waals surface area contributed by atoms with Gasteiger partial charge in [0, 0.05) is 11.5 Å². The van der Waals surface area contributed by atoms with Gasteiger partial charge in [0.05, 0.1) is 10.8 Å². The Morgan fingerprint density at radius 1 is 1.25 bits per heavy atom. The summed E-state index contributed by atoms with van der Waals surface area (Å²) in [5.74, 6) is -0.479. The average molecular weight is 213 g/mol. The van der Waals surface area contributed by atoms with Gasteiger partial charge in [0.2, 0.25) is 6.20 Å². The first kappa shape index (κ1) is 8.84. The van der Waals surface area contributed by atoms with Crippen LogP contribution in [0.5, 0.6) is 5.95 Å². The van der Waals surface area contributed by atoms with Crippen molar-refractivity contribution in [3.8, 4) is 11.6 Å². The second-order valence-electron chi connectivity index (χ2n) is 3.35. The molecule has 0 unspecified atom stereocenters. The molecule has 0 spiro atoms. The smallest absolute Gasteiger partial charge is 0.258 e. The van der Waals surface area contributed by atoms with Crippen molar-refractivity contribution in [1.82, 2.24) is 10.3 Å². The largest absolute Gasteiger partial charge is 0.539 e. The van der Waals surface area contributed by atoms with Crippen LogP contribution in [0, 0.1) is 0 Å². The molecule has 0 aliphatic carbocycles. The fourth-order valence-corrected chi connectivity index (χ4v) is 1.54. The maximum atomic E-state index is 10.9. The van der Waals surface area contributed by atoms with E-state index in [1.165, 1.54) is 10.9 Å². The fourth-order valence-electron chi connectivity index (χ4n) is 1.54. The number of hydrogen-bond donors (Lipinski definition) is 0. The number of hydrogen-bond acceptors (Lipinski definition) is 4. The van der Waals surface area contributed by atoms with Crippen molar-refractivity contribution in [2.45, 2.75) is 0 Å². The minimum absolute atomic E-state index is 0.479. The van der Waals surface area contributed by atoms with Crippen LogP contribution in [0.1, 0.15) is 0 Å². The van der Waals surface area contributed by atoms with E-state index in [9.17, 15) is 5.11 Å². The van der Waals surface area contributed by atoms with E-state index in [0.29, 0.717) is 5.69 Å². The van der Waals surface area contributed by atoms with Crippen LogP contribution in [0.2, 0.25) is 0 Å². The number of rotatable bonds is 1. The van der Waals surface area contributed by atoms with Crippen LogP contribution in [-0.2, 0) is 0 Å². The fraction of sp³-hybridized carbons (Fsp3) is 0. The second kappa shape index (κ2) is 3.30. The predicted molar refractivity (Wildman–Crippen MR) is 52.8 cm³/mol. The second-order valence-corrected chi connectivity index (χ2v) is 3.35. The predicted octanol–water partition coefficient (Wildman–Crippen LogP) is 0.573. The first-order valence-electron chi connectivity index (χ1n) is 4.74. The van der Waals surface area contributed by atoms with Gasteiger partial charge in [-0.3, -0.25) is 0 Å². The van der Waals surface area contributed by atoms with Crippen LogP contribution in [0.15, 0.2) is 47.2 Å². The normalized spacial score (nSPS) is 10.8. The summed E-state index contributed by atoms with van der Waals surface area (Å²) in [4.78, 5) is 4.26. The number of aromatic nitrogens is 3. The third kappa shape index (κ3) is 1.38. The van der Waals surface area contributed by atoms with Crippen molar-refractivity contribution in [3.05, 3.63) is 42.7 Å². The van der Waals surface area contributed by atoms with Gasteiger partial charge in [0.1, 0.15) is 12.1 Å². The van der Waals surface area contributed by atoms with Crippen LogP contribution in [0.3, 0.4) is 0 Å². The molecular formula is C11H7N3O2. The number of fused-ring (bicyclic) bond motifs is 1. The van der Waals surface area contributed by atoms with Gasteiger partial charge >= 0.3 is 0 Å². The molecule has 2 heterocycles. The Balaban J connectivity index is 2.18. The first-order chi connectivity index (χ1) is 7.83. The summed E-state index contributed by atoms with van der Waals surface area (Å²) in [5, 5.41) is 15.4. The molecule has 2 aromatic heterocycles. The van der Waals surface area contributed by atoms with E-state index in [1.807, 2.05) is 30.3 Å². The molecule has 0 fully saturated rings. The monoisotopic (exact) mass is 213 g/mol. The van der Waals surface area contributed by atoms with Gasteiger partial charge in [-0.2, -0.15) is 0 Å². The lowest BCUT2D eigenvalue weighted by molar-refractivity contribution is -0.670. The van der Waals surface area contributed by atoms with Gasteiger partial charge in [-0.15, -0.1) is 0 Å². The summed E-state index contributed by atoms with van der Waals surface area (Å²) < 4.78 is 5.82. The Kier molecular flexibility index (Phi) is 1.83. The third-order valence-corrected chi connectivity index (χ3v) is 2.29. The maximum Gasteiger partial charge on any atom is 0.258 e. The molecule has 0 aliphatic heterocycles. The highest BCUT2D eigenvalue weighted by Gasteiger charge is 2.10. The molecule has 0 saturated carbocycles. The first-order valence-corrected chi connectivity index (χ1v) is 4.74. The van der Waals surface area contributed by atoms with Gasteiger partial charge in [0.25, 0.3) is 5.69 Å². The van der Waals surface area contributed by atoms with E-state index < -0.39 is 5.95 Å². The molecule has 0 N–H and O–H groups in total. The number of para-hydroxylation sites is 1. The van der Waals surface area contributed by atoms with Gasteiger partial charge < -0.3 is 9.63 Å². The molecule has 0 bridgehead atoms. The van der Waals surface area contributed by atoms with E-state index in [2.05, 4.69) is 14.8 Å². The van der Waals surface area contributed by atoms with E-state index in [0.717, 1.165) is 10.9 Å². The number of nitrogens with zero attached hydrogens (tertiary/aromatic N) is 3. The third-order valence-electron chi connectivity index (χ3n) is 2.29. The zero-order valence-corrected chi connectivity index (χ0v) is 8.20. The van der Waals surface area contributed by atoms with Crippen molar-refractivity contribution < 1.29 is 14.3 Å². The highest BCUT2D eigenvalue weighted by atomic mass is 16.6. The van der Waals surface area contributed by atoms with Crippen molar-refractivity contribution in [3.63, 3.8) is 0 Å². The highest BCUT2D eigenvalue weighted by Crippen LogP contribution is 2.12. The summed E-state index contributed by atoms with van der Waals surface area (Å²) in [7, 11) is 0. The summed E-state index contributed by atoms with van der Waals surface area (Å²) in [6.07, 6.45) is 2.91. The lowest BCUT2D eigenvalue weighted by Gasteiger charge is -1.94. The van der Waals surface area contributed by atoms with Crippen LogP contribution < -0.4 is 9.79 Å². The molecule has 1 aromatic carbocycles. The minimum Gasteiger partial charge on any atom is -0.539 e. The summed E-state index contributed by atoms with van der Waals surface area (Å²) >= 11 is 0. The molecule has 3 rings (SSSR count).